The number of hydrogen-bond acceptors (Lipinski definition) is 3. The summed E-state index contributed by atoms with van der Waals surface area (Å²) in [7, 11) is 0. The van der Waals surface area contributed by atoms with Gasteiger partial charge >= 0.3 is 0 Å². The molecule has 5 heteroatoms. The molecule has 0 saturated heterocycles. The summed E-state index contributed by atoms with van der Waals surface area (Å²) in [5.41, 5.74) is 2.41. The van der Waals surface area contributed by atoms with Crippen LogP contribution >= 0.6 is 0 Å². The third kappa shape index (κ3) is 7.48. The summed E-state index contributed by atoms with van der Waals surface area (Å²) < 4.78 is 5.78. The van der Waals surface area contributed by atoms with Crippen molar-refractivity contribution in [3.63, 3.8) is 0 Å². The number of amides is 2. The average Bonchev–Trinajstić information content (AvgIpc) is 2.87. The molecule has 34 heavy (non-hydrogen) atoms. The van der Waals surface area contributed by atoms with E-state index in [0.717, 1.165) is 17.7 Å². The van der Waals surface area contributed by atoms with Crippen LogP contribution in [0.1, 0.15) is 78.3 Å². The molecule has 0 aliphatic heterocycles. The zero-order chi connectivity index (χ0) is 24.2. The topological polar surface area (TPSA) is 67.4 Å². The number of anilines is 1. The molecule has 0 saturated carbocycles. The molecule has 2 amide bonds. The van der Waals surface area contributed by atoms with Gasteiger partial charge in [0.1, 0.15) is 5.75 Å². The monoisotopic (exact) mass is 458 g/mol. The summed E-state index contributed by atoms with van der Waals surface area (Å²) in [5, 5.41) is 5.87. The van der Waals surface area contributed by atoms with Crippen LogP contribution in [0.15, 0.2) is 78.9 Å². The van der Waals surface area contributed by atoms with Crippen LogP contribution in [0.2, 0.25) is 0 Å². The lowest BCUT2D eigenvalue weighted by Crippen LogP contribution is -2.28. The highest BCUT2D eigenvalue weighted by atomic mass is 16.5. The number of nitrogens with one attached hydrogen (secondary N) is 2. The largest absolute Gasteiger partial charge is 0.494 e. The normalized spacial score (nSPS) is 11.5. The number of carbonyl (C=O) groups is 2. The first-order chi connectivity index (χ1) is 16.6. The minimum absolute atomic E-state index is 0.156. The summed E-state index contributed by atoms with van der Waals surface area (Å²) in [4.78, 5) is 25.7. The summed E-state index contributed by atoms with van der Waals surface area (Å²) in [6.07, 6.45) is 5.94. The van der Waals surface area contributed by atoms with Crippen molar-refractivity contribution < 1.29 is 14.3 Å². The van der Waals surface area contributed by atoms with Crippen LogP contribution in [0.25, 0.3) is 0 Å². The van der Waals surface area contributed by atoms with Gasteiger partial charge in [0.25, 0.3) is 11.8 Å². The Bertz CT molecular complexity index is 1050. The van der Waals surface area contributed by atoms with Crippen LogP contribution < -0.4 is 15.4 Å². The van der Waals surface area contributed by atoms with Gasteiger partial charge in [0.2, 0.25) is 0 Å². The molecule has 3 rings (SSSR count). The second-order valence-corrected chi connectivity index (χ2v) is 8.39. The van der Waals surface area contributed by atoms with Crippen molar-refractivity contribution in [3.8, 4) is 5.75 Å². The number of hydrogen-bond donors (Lipinski definition) is 2. The maximum atomic E-state index is 12.9. The van der Waals surface area contributed by atoms with Crippen molar-refractivity contribution in [3.05, 3.63) is 95.6 Å². The Labute approximate surface area is 202 Å². The number of ether oxygens (including phenoxy) is 1. The van der Waals surface area contributed by atoms with Crippen LogP contribution in [0.3, 0.4) is 0 Å². The van der Waals surface area contributed by atoms with E-state index in [0.29, 0.717) is 23.4 Å². The van der Waals surface area contributed by atoms with Crippen LogP contribution in [-0.2, 0) is 0 Å². The summed E-state index contributed by atoms with van der Waals surface area (Å²) in [5.74, 6) is 0.235. The molecule has 3 aromatic carbocycles. The lowest BCUT2D eigenvalue weighted by molar-refractivity contribution is 0.0940. The predicted molar refractivity (Wildman–Crippen MR) is 137 cm³/mol. The Morgan fingerprint density at radius 1 is 0.794 bits per heavy atom. The van der Waals surface area contributed by atoms with Gasteiger partial charge in [0, 0.05) is 5.56 Å². The van der Waals surface area contributed by atoms with E-state index >= 15 is 0 Å². The summed E-state index contributed by atoms with van der Waals surface area (Å²) in [6.45, 7) is 4.82. The number of benzene rings is 3. The Morgan fingerprint density at radius 2 is 1.47 bits per heavy atom. The zero-order valence-electron chi connectivity index (χ0n) is 20.1. The highest BCUT2D eigenvalue weighted by Crippen LogP contribution is 2.20. The molecule has 1 atom stereocenters. The minimum Gasteiger partial charge on any atom is -0.494 e. The molecular weight excluding hydrogens is 424 g/mol. The van der Waals surface area contributed by atoms with Gasteiger partial charge < -0.3 is 15.4 Å². The minimum atomic E-state index is -0.275. The van der Waals surface area contributed by atoms with Crippen molar-refractivity contribution in [1.29, 1.82) is 0 Å². The second kappa shape index (κ2) is 13.2. The quantitative estimate of drug-likeness (QED) is 0.294. The highest BCUT2D eigenvalue weighted by molar-refractivity contribution is 6.09. The predicted octanol–water partition coefficient (Wildman–Crippen LogP) is 6.78. The third-order valence-corrected chi connectivity index (χ3v) is 5.70. The molecule has 5 nitrogen and oxygen atoms in total. The van der Waals surface area contributed by atoms with Crippen molar-refractivity contribution in [2.45, 2.75) is 52.0 Å². The van der Waals surface area contributed by atoms with E-state index in [1.54, 1.807) is 48.5 Å². The molecule has 1 unspecified atom stereocenters. The summed E-state index contributed by atoms with van der Waals surface area (Å²) >= 11 is 0. The van der Waals surface area contributed by atoms with E-state index in [1.807, 2.05) is 37.3 Å². The van der Waals surface area contributed by atoms with Crippen LogP contribution in [0.4, 0.5) is 5.69 Å². The molecule has 178 valence electrons. The van der Waals surface area contributed by atoms with E-state index in [1.165, 1.54) is 25.7 Å². The van der Waals surface area contributed by atoms with E-state index in [2.05, 4.69) is 17.6 Å². The lowest BCUT2D eigenvalue weighted by atomic mass is 10.1. The number of unbranched alkanes of at least 4 members (excludes halogenated alkanes) is 4. The highest BCUT2D eigenvalue weighted by Gasteiger charge is 2.16. The molecule has 0 spiro atoms. The van der Waals surface area contributed by atoms with Crippen molar-refractivity contribution in [1.82, 2.24) is 5.32 Å². The number of carbonyl (C=O) groups excluding carboxylic acids is 2. The van der Waals surface area contributed by atoms with Crippen molar-refractivity contribution in [2.75, 3.05) is 11.9 Å². The van der Waals surface area contributed by atoms with Gasteiger partial charge in [-0.15, -0.1) is 0 Å². The molecule has 3 aromatic rings. The fraction of sp³-hybridized carbons (Fsp3) is 0.310. The first-order valence-corrected chi connectivity index (χ1v) is 12.1. The molecule has 0 aliphatic carbocycles. The molecular formula is C29H34N2O3. The van der Waals surface area contributed by atoms with Gasteiger partial charge in [-0.1, -0.05) is 75.1 Å². The van der Waals surface area contributed by atoms with Gasteiger partial charge in [-0.25, -0.2) is 0 Å². The van der Waals surface area contributed by atoms with Crippen molar-refractivity contribution >= 4 is 17.5 Å². The molecule has 0 heterocycles. The van der Waals surface area contributed by atoms with Crippen LogP contribution in [-0.4, -0.2) is 18.4 Å². The standard InChI is InChI=1S/C29H34N2O3/c1-3-4-5-6-12-21-34-25-19-17-24(18-20-25)28(32)31-27-16-11-10-15-26(27)29(33)30-22(2)23-13-8-7-9-14-23/h7-11,13-20,22H,3-6,12,21H2,1-2H3,(H,30,33)(H,31,32). The Morgan fingerprint density at radius 3 is 2.21 bits per heavy atom. The molecule has 0 radical (unpaired) electrons. The van der Waals surface area contributed by atoms with Gasteiger partial charge in [0.15, 0.2) is 0 Å². The Balaban J connectivity index is 1.57. The first kappa shape index (κ1) is 25.0. The molecule has 0 aromatic heterocycles. The maximum Gasteiger partial charge on any atom is 0.255 e. The number of para-hydroxylation sites is 1. The van der Waals surface area contributed by atoms with E-state index in [-0.39, 0.29) is 17.9 Å². The molecule has 2 N–H and O–H groups in total. The molecule has 0 fully saturated rings. The van der Waals surface area contributed by atoms with Crippen LogP contribution in [0, 0.1) is 0 Å². The van der Waals surface area contributed by atoms with Gasteiger partial charge in [-0.2, -0.15) is 0 Å². The second-order valence-electron chi connectivity index (χ2n) is 8.39. The zero-order valence-corrected chi connectivity index (χ0v) is 20.1. The fourth-order valence-electron chi connectivity index (χ4n) is 3.68. The van der Waals surface area contributed by atoms with E-state index < -0.39 is 0 Å². The fourth-order valence-corrected chi connectivity index (χ4v) is 3.68. The number of rotatable bonds is 12. The third-order valence-electron chi connectivity index (χ3n) is 5.70. The van der Waals surface area contributed by atoms with E-state index in [9.17, 15) is 9.59 Å². The SMILES string of the molecule is CCCCCCCOc1ccc(C(=O)Nc2ccccc2C(=O)NC(C)c2ccccc2)cc1. The van der Waals surface area contributed by atoms with E-state index in [4.69, 9.17) is 4.74 Å². The average molecular weight is 459 g/mol. The lowest BCUT2D eigenvalue weighted by Gasteiger charge is -2.16. The smallest absolute Gasteiger partial charge is 0.255 e. The van der Waals surface area contributed by atoms with Gasteiger partial charge in [-0.05, 0) is 55.3 Å². The van der Waals surface area contributed by atoms with Crippen LogP contribution in [0.5, 0.6) is 5.75 Å². The Hall–Kier alpha value is -3.60. The van der Waals surface area contributed by atoms with Gasteiger partial charge in [0.05, 0.1) is 23.9 Å². The molecule has 0 bridgehead atoms. The van der Waals surface area contributed by atoms with Gasteiger partial charge in [-0.3, -0.25) is 9.59 Å². The van der Waals surface area contributed by atoms with Crippen molar-refractivity contribution in [2.24, 2.45) is 0 Å². The summed E-state index contributed by atoms with van der Waals surface area (Å²) in [6, 6.07) is 23.7. The first-order valence-electron chi connectivity index (χ1n) is 12.1. The molecule has 0 aliphatic rings. The maximum absolute atomic E-state index is 12.9. The Kier molecular flexibility index (Phi) is 9.71.